The summed E-state index contributed by atoms with van der Waals surface area (Å²) in [4.78, 5) is 4.64. The molecule has 2 heterocycles. The average Bonchev–Trinajstić information content (AvgIpc) is 2.85. The second-order valence-electron chi connectivity index (χ2n) is 5.26. The van der Waals surface area contributed by atoms with Gasteiger partial charge in [-0.15, -0.1) is 12.6 Å². The van der Waals surface area contributed by atoms with Crippen molar-refractivity contribution in [2.24, 2.45) is 0 Å². The maximum absolute atomic E-state index is 13.7. The summed E-state index contributed by atoms with van der Waals surface area (Å²) >= 11 is 10.0. The van der Waals surface area contributed by atoms with Gasteiger partial charge in [0.05, 0.1) is 6.04 Å². The predicted molar refractivity (Wildman–Crippen MR) is 83.6 cm³/mol. The van der Waals surface area contributed by atoms with Gasteiger partial charge in [0.2, 0.25) is 0 Å². The Morgan fingerprint density at radius 1 is 1.45 bits per heavy atom. The quantitative estimate of drug-likeness (QED) is 0.577. The van der Waals surface area contributed by atoms with E-state index in [4.69, 9.17) is 16.5 Å². The van der Waals surface area contributed by atoms with E-state index in [1.165, 1.54) is 6.07 Å². The first-order chi connectivity index (χ1) is 10.6. The smallest absolute Gasteiger partial charge is 0.168 e. The molecule has 0 aromatic heterocycles. The Morgan fingerprint density at radius 3 is 3.05 bits per heavy atom. The van der Waals surface area contributed by atoms with Gasteiger partial charge in [-0.1, -0.05) is 0 Å². The molecule has 1 aromatic carbocycles. The van der Waals surface area contributed by atoms with Gasteiger partial charge < -0.3 is 15.0 Å². The molecule has 0 radical (unpaired) electrons. The average molecular weight is 348 g/mol. The molecular weight excluding hydrogens is 332 g/mol. The SMILES string of the molecule is Fc1cc(F)c2c(c1)C[C@@H](N1C(CCNCl)=CNC1S)CO2. The highest BCUT2D eigenvalue weighted by Gasteiger charge is 2.34. The molecule has 2 aliphatic heterocycles. The molecule has 0 fully saturated rings. The maximum atomic E-state index is 13.7. The molecule has 0 bridgehead atoms. The van der Waals surface area contributed by atoms with Gasteiger partial charge in [-0.05, 0) is 17.8 Å². The van der Waals surface area contributed by atoms with Crippen LogP contribution in [-0.4, -0.2) is 29.6 Å². The molecule has 1 aromatic rings. The number of hydrogen-bond donors (Lipinski definition) is 3. The number of hydrogen-bond acceptors (Lipinski definition) is 5. The highest BCUT2D eigenvalue weighted by Crippen LogP contribution is 2.33. The molecule has 120 valence electrons. The summed E-state index contributed by atoms with van der Waals surface area (Å²) in [6, 6.07) is 2.12. The number of ether oxygens (including phenoxy) is 1. The fourth-order valence-electron chi connectivity index (χ4n) is 2.89. The Kier molecular flexibility index (Phi) is 4.65. The Morgan fingerprint density at radius 2 is 2.27 bits per heavy atom. The summed E-state index contributed by atoms with van der Waals surface area (Å²) in [5, 5.41) is 3.13. The Balaban J connectivity index is 1.80. The molecular formula is C14H16ClF2N3OS. The minimum Gasteiger partial charge on any atom is -0.488 e. The van der Waals surface area contributed by atoms with Gasteiger partial charge in [0.1, 0.15) is 17.9 Å². The van der Waals surface area contributed by atoms with E-state index in [-0.39, 0.29) is 17.3 Å². The number of nitrogens with zero attached hydrogens (tertiary/aromatic N) is 1. The van der Waals surface area contributed by atoms with Crippen molar-refractivity contribution in [3.8, 4) is 5.75 Å². The van der Waals surface area contributed by atoms with E-state index in [0.717, 1.165) is 11.8 Å². The second kappa shape index (κ2) is 6.52. The van der Waals surface area contributed by atoms with Crippen molar-refractivity contribution in [1.29, 1.82) is 0 Å². The van der Waals surface area contributed by atoms with Crippen LogP contribution in [0.15, 0.2) is 24.0 Å². The zero-order valence-corrected chi connectivity index (χ0v) is 13.3. The number of benzene rings is 1. The first kappa shape index (κ1) is 15.7. The monoisotopic (exact) mass is 347 g/mol. The fraction of sp³-hybridized carbons (Fsp3) is 0.429. The van der Waals surface area contributed by atoms with Crippen LogP contribution in [0.3, 0.4) is 0 Å². The summed E-state index contributed by atoms with van der Waals surface area (Å²) < 4.78 is 32.6. The lowest BCUT2D eigenvalue weighted by molar-refractivity contribution is 0.138. The van der Waals surface area contributed by atoms with Crippen LogP contribution in [0.1, 0.15) is 12.0 Å². The van der Waals surface area contributed by atoms with Crippen molar-refractivity contribution in [2.45, 2.75) is 24.4 Å². The Hall–Kier alpha value is -1.18. The first-order valence-corrected chi connectivity index (χ1v) is 7.85. The second-order valence-corrected chi connectivity index (χ2v) is 6.02. The molecule has 3 rings (SSSR count). The maximum Gasteiger partial charge on any atom is 0.168 e. The number of rotatable bonds is 4. The van der Waals surface area contributed by atoms with Gasteiger partial charge in [0.25, 0.3) is 0 Å². The van der Waals surface area contributed by atoms with Crippen LogP contribution in [0.25, 0.3) is 0 Å². The number of fused-ring (bicyclic) bond motifs is 1. The number of halogens is 3. The topological polar surface area (TPSA) is 36.5 Å². The zero-order chi connectivity index (χ0) is 15.7. The molecule has 2 aliphatic rings. The van der Waals surface area contributed by atoms with E-state index in [0.29, 0.717) is 31.6 Å². The molecule has 8 heteroatoms. The minimum atomic E-state index is -0.655. The van der Waals surface area contributed by atoms with Crippen LogP contribution in [0.2, 0.25) is 0 Å². The lowest BCUT2D eigenvalue weighted by atomic mass is 10.0. The van der Waals surface area contributed by atoms with Gasteiger partial charge in [-0.2, -0.15) is 0 Å². The molecule has 0 saturated carbocycles. The van der Waals surface area contributed by atoms with Gasteiger partial charge in [0, 0.05) is 42.9 Å². The molecule has 0 spiro atoms. The molecule has 0 saturated heterocycles. The number of nitrogens with one attached hydrogen (secondary N) is 2. The van der Waals surface area contributed by atoms with E-state index < -0.39 is 11.6 Å². The van der Waals surface area contributed by atoms with Gasteiger partial charge in [-0.3, -0.25) is 0 Å². The third-order valence-electron chi connectivity index (χ3n) is 3.82. The van der Waals surface area contributed by atoms with Crippen molar-refractivity contribution in [3.63, 3.8) is 0 Å². The van der Waals surface area contributed by atoms with Crippen LogP contribution in [0.5, 0.6) is 5.75 Å². The Bertz CT molecular complexity index is 602. The van der Waals surface area contributed by atoms with E-state index in [1.807, 2.05) is 6.20 Å². The van der Waals surface area contributed by atoms with E-state index in [1.54, 1.807) is 0 Å². The third kappa shape index (κ3) is 2.98. The van der Waals surface area contributed by atoms with E-state index >= 15 is 0 Å². The van der Waals surface area contributed by atoms with Crippen molar-refractivity contribution in [1.82, 2.24) is 15.1 Å². The van der Waals surface area contributed by atoms with Crippen LogP contribution in [0, 0.1) is 11.6 Å². The summed E-state index contributed by atoms with van der Waals surface area (Å²) in [5.74, 6) is -1.10. The van der Waals surface area contributed by atoms with Gasteiger partial charge in [-0.25, -0.2) is 13.6 Å². The van der Waals surface area contributed by atoms with Crippen LogP contribution in [0.4, 0.5) is 8.78 Å². The van der Waals surface area contributed by atoms with Crippen LogP contribution < -0.4 is 14.9 Å². The molecule has 22 heavy (non-hydrogen) atoms. The van der Waals surface area contributed by atoms with Gasteiger partial charge in [0.15, 0.2) is 11.6 Å². The minimum absolute atomic E-state index is 0.0484. The Labute approximate surface area is 138 Å². The third-order valence-corrected chi connectivity index (χ3v) is 4.41. The molecule has 1 unspecified atom stereocenters. The van der Waals surface area contributed by atoms with Crippen molar-refractivity contribution in [3.05, 3.63) is 41.2 Å². The molecule has 2 atom stereocenters. The lowest BCUT2D eigenvalue weighted by Gasteiger charge is -2.37. The zero-order valence-electron chi connectivity index (χ0n) is 11.7. The summed E-state index contributed by atoms with van der Waals surface area (Å²) in [5.41, 5.74) is 1.37. The lowest BCUT2D eigenvalue weighted by Crippen LogP contribution is -2.46. The largest absolute Gasteiger partial charge is 0.488 e. The number of thiol groups is 1. The summed E-state index contributed by atoms with van der Waals surface area (Å²) in [6.07, 6.45) is 3.09. The molecule has 0 amide bonds. The highest BCUT2D eigenvalue weighted by molar-refractivity contribution is 7.80. The van der Waals surface area contributed by atoms with Crippen LogP contribution >= 0.6 is 24.4 Å². The van der Waals surface area contributed by atoms with Gasteiger partial charge >= 0.3 is 0 Å². The standard InChI is InChI=1S/C14H16ClF2N3OS/c15-19-2-1-10-6-18-14(22)20(10)11-4-8-3-9(16)5-12(17)13(8)21-7-11/h3,5-6,11,14,18-19,22H,1-2,4,7H2/t11-,14?/m1/s1. The van der Waals surface area contributed by atoms with E-state index in [9.17, 15) is 8.78 Å². The molecule has 0 aliphatic carbocycles. The van der Waals surface area contributed by atoms with Crippen molar-refractivity contribution in [2.75, 3.05) is 13.2 Å². The predicted octanol–water partition coefficient (Wildman–Crippen LogP) is 2.36. The van der Waals surface area contributed by atoms with Crippen molar-refractivity contribution >= 4 is 24.4 Å². The van der Waals surface area contributed by atoms with E-state index in [2.05, 4.69) is 27.7 Å². The fourth-order valence-corrected chi connectivity index (χ4v) is 3.40. The van der Waals surface area contributed by atoms with Crippen LogP contribution in [-0.2, 0) is 6.42 Å². The normalized spacial score (nSPS) is 23.6. The highest BCUT2D eigenvalue weighted by atomic mass is 35.5. The molecule has 4 nitrogen and oxygen atoms in total. The molecule has 2 N–H and O–H groups in total. The summed E-state index contributed by atoms with van der Waals surface area (Å²) in [6.45, 7) is 0.930. The van der Waals surface area contributed by atoms with Crippen molar-refractivity contribution < 1.29 is 13.5 Å². The summed E-state index contributed by atoms with van der Waals surface area (Å²) in [7, 11) is 0. The first-order valence-electron chi connectivity index (χ1n) is 6.96.